The topological polar surface area (TPSA) is 75.4 Å². The average molecular weight is 340 g/mol. The van der Waals surface area contributed by atoms with Crippen LogP contribution in [-0.2, 0) is 4.79 Å². The Bertz CT molecular complexity index is 702. The number of benzene rings is 1. The normalized spacial score (nSPS) is 16.0. The Kier molecular flexibility index (Phi) is 5.90. The first-order valence-corrected chi connectivity index (χ1v) is 8.73. The lowest BCUT2D eigenvalue weighted by atomic mass is 10.1. The van der Waals surface area contributed by atoms with E-state index < -0.39 is 0 Å². The standard InChI is InChI=1S/C18H24N6O/c1-15(16-5-7-17(8-6-16)24-14-19-13-20-24)21-22-18(25)9-12-23-10-3-2-4-11-23/h5-8,13-14H,2-4,9-12H2,1H3,(H,22,25)/b21-15+. The fourth-order valence-electron chi connectivity index (χ4n) is 2.91. The molecule has 1 aliphatic rings. The van der Waals surface area contributed by atoms with Crippen LogP contribution in [0.1, 0.15) is 38.2 Å². The van der Waals surface area contributed by atoms with Gasteiger partial charge >= 0.3 is 0 Å². The first kappa shape index (κ1) is 17.3. The molecule has 0 saturated carbocycles. The molecule has 1 saturated heterocycles. The predicted octanol–water partition coefficient (Wildman–Crippen LogP) is 1.98. The minimum atomic E-state index is -0.0378. The largest absolute Gasteiger partial charge is 0.303 e. The Morgan fingerprint density at radius 1 is 1.20 bits per heavy atom. The number of rotatable bonds is 6. The van der Waals surface area contributed by atoms with Gasteiger partial charge in [0.15, 0.2) is 0 Å². The maximum atomic E-state index is 12.0. The van der Waals surface area contributed by atoms with E-state index in [1.807, 2.05) is 31.2 Å². The molecule has 0 radical (unpaired) electrons. The van der Waals surface area contributed by atoms with Crippen LogP contribution in [-0.4, -0.2) is 50.9 Å². The fraction of sp³-hybridized carbons (Fsp3) is 0.444. The smallest absolute Gasteiger partial charge is 0.241 e. The lowest BCUT2D eigenvalue weighted by Gasteiger charge is -2.25. The molecule has 0 aliphatic carbocycles. The molecule has 132 valence electrons. The van der Waals surface area contributed by atoms with Crippen LogP contribution in [0.25, 0.3) is 5.69 Å². The molecule has 1 N–H and O–H groups in total. The summed E-state index contributed by atoms with van der Waals surface area (Å²) in [4.78, 5) is 18.3. The van der Waals surface area contributed by atoms with Gasteiger partial charge in [0, 0.05) is 13.0 Å². The second-order valence-electron chi connectivity index (χ2n) is 6.27. The highest BCUT2D eigenvalue weighted by Gasteiger charge is 2.11. The fourth-order valence-corrected chi connectivity index (χ4v) is 2.91. The van der Waals surface area contributed by atoms with Gasteiger partial charge in [-0.1, -0.05) is 18.6 Å². The Morgan fingerprint density at radius 3 is 2.64 bits per heavy atom. The zero-order valence-corrected chi connectivity index (χ0v) is 14.6. The number of likely N-dealkylation sites (tertiary alicyclic amines) is 1. The summed E-state index contributed by atoms with van der Waals surface area (Å²) in [6.07, 6.45) is 7.43. The van der Waals surface area contributed by atoms with Gasteiger partial charge < -0.3 is 4.90 Å². The predicted molar refractivity (Wildman–Crippen MR) is 96.6 cm³/mol. The van der Waals surface area contributed by atoms with E-state index in [4.69, 9.17) is 0 Å². The summed E-state index contributed by atoms with van der Waals surface area (Å²) in [7, 11) is 0. The maximum absolute atomic E-state index is 12.0. The van der Waals surface area contributed by atoms with Crippen molar-refractivity contribution in [3.8, 4) is 5.69 Å². The number of piperidine rings is 1. The van der Waals surface area contributed by atoms with Crippen LogP contribution in [0.5, 0.6) is 0 Å². The Labute approximate surface area is 147 Å². The quantitative estimate of drug-likeness (QED) is 0.644. The van der Waals surface area contributed by atoms with Crippen molar-refractivity contribution in [1.29, 1.82) is 0 Å². The van der Waals surface area contributed by atoms with Crippen molar-refractivity contribution in [2.75, 3.05) is 19.6 Å². The number of hydrazone groups is 1. The number of carbonyl (C=O) groups excluding carboxylic acids is 1. The molecule has 7 heteroatoms. The molecule has 0 spiro atoms. The molecular weight excluding hydrogens is 316 g/mol. The van der Waals surface area contributed by atoms with Gasteiger partial charge in [0.05, 0.1) is 11.4 Å². The third-order valence-corrected chi connectivity index (χ3v) is 4.42. The molecule has 1 amide bonds. The number of hydrogen-bond donors (Lipinski definition) is 1. The zero-order valence-electron chi connectivity index (χ0n) is 14.6. The highest BCUT2D eigenvalue weighted by Crippen LogP contribution is 2.10. The number of amides is 1. The minimum absolute atomic E-state index is 0.0378. The van der Waals surface area contributed by atoms with Gasteiger partial charge in [-0.3, -0.25) is 4.79 Å². The van der Waals surface area contributed by atoms with Crippen LogP contribution in [0.2, 0.25) is 0 Å². The zero-order chi connectivity index (χ0) is 17.5. The molecule has 1 aromatic heterocycles. The Morgan fingerprint density at radius 2 is 1.96 bits per heavy atom. The number of hydrogen-bond acceptors (Lipinski definition) is 5. The van der Waals surface area contributed by atoms with Gasteiger partial charge in [0.1, 0.15) is 12.7 Å². The molecular formula is C18H24N6O. The van der Waals surface area contributed by atoms with Crippen molar-refractivity contribution < 1.29 is 4.79 Å². The molecule has 0 unspecified atom stereocenters. The van der Waals surface area contributed by atoms with Gasteiger partial charge in [-0.15, -0.1) is 0 Å². The van der Waals surface area contributed by atoms with E-state index >= 15 is 0 Å². The van der Waals surface area contributed by atoms with E-state index in [2.05, 4.69) is 25.5 Å². The molecule has 1 fully saturated rings. The third kappa shape index (κ3) is 4.96. The molecule has 1 aliphatic heterocycles. The van der Waals surface area contributed by atoms with Crippen LogP contribution in [0.4, 0.5) is 0 Å². The second kappa shape index (κ2) is 8.53. The first-order valence-electron chi connectivity index (χ1n) is 8.73. The summed E-state index contributed by atoms with van der Waals surface area (Å²) in [5.74, 6) is -0.0378. The summed E-state index contributed by atoms with van der Waals surface area (Å²) in [6, 6.07) is 7.80. The van der Waals surface area contributed by atoms with Crippen LogP contribution in [0, 0.1) is 0 Å². The van der Waals surface area contributed by atoms with Gasteiger partial charge in [-0.25, -0.2) is 15.1 Å². The Balaban J connectivity index is 1.49. The van der Waals surface area contributed by atoms with Crippen molar-refractivity contribution in [2.24, 2.45) is 5.10 Å². The van der Waals surface area contributed by atoms with E-state index in [0.29, 0.717) is 6.42 Å². The number of carbonyl (C=O) groups is 1. The number of nitrogens with one attached hydrogen (secondary N) is 1. The van der Waals surface area contributed by atoms with Crippen molar-refractivity contribution in [3.05, 3.63) is 42.5 Å². The van der Waals surface area contributed by atoms with Crippen molar-refractivity contribution in [2.45, 2.75) is 32.6 Å². The van der Waals surface area contributed by atoms with Gasteiger partial charge in [-0.05, 0) is 50.6 Å². The summed E-state index contributed by atoms with van der Waals surface area (Å²) in [5, 5.41) is 8.31. The molecule has 7 nitrogen and oxygen atoms in total. The van der Waals surface area contributed by atoms with E-state index in [1.54, 1.807) is 11.0 Å². The molecule has 1 aromatic carbocycles. The molecule has 0 bridgehead atoms. The van der Waals surface area contributed by atoms with Crippen LogP contribution in [0.3, 0.4) is 0 Å². The summed E-state index contributed by atoms with van der Waals surface area (Å²) < 4.78 is 1.69. The van der Waals surface area contributed by atoms with Crippen molar-refractivity contribution in [1.82, 2.24) is 25.1 Å². The minimum Gasteiger partial charge on any atom is -0.303 e. The Hall–Kier alpha value is -2.54. The van der Waals surface area contributed by atoms with Gasteiger partial charge in [0.25, 0.3) is 0 Å². The van der Waals surface area contributed by atoms with E-state index in [-0.39, 0.29) is 5.91 Å². The first-order chi connectivity index (χ1) is 12.2. The molecule has 2 heterocycles. The van der Waals surface area contributed by atoms with E-state index in [1.165, 1.54) is 25.6 Å². The van der Waals surface area contributed by atoms with Crippen LogP contribution < -0.4 is 5.43 Å². The monoisotopic (exact) mass is 340 g/mol. The summed E-state index contributed by atoms with van der Waals surface area (Å²) in [6.45, 7) is 4.91. The van der Waals surface area contributed by atoms with E-state index in [0.717, 1.165) is 36.6 Å². The number of nitrogens with zero attached hydrogens (tertiary/aromatic N) is 5. The lowest BCUT2D eigenvalue weighted by Crippen LogP contribution is -2.33. The van der Waals surface area contributed by atoms with Crippen LogP contribution in [0.15, 0.2) is 42.0 Å². The lowest BCUT2D eigenvalue weighted by molar-refractivity contribution is -0.121. The summed E-state index contributed by atoms with van der Waals surface area (Å²) in [5.41, 5.74) is 5.32. The number of aromatic nitrogens is 3. The van der Waals surface area contributed by atoms with E-state index in [9.17, 15) is 4.79 Å². The third-order valence-electron chi connectivity index (χ3n) is 4.42. The van der Waals surface area contributed by atoms with Gasteiger partial charge in [0.2, 0.25) is 5.91 Å². The second-order valence-corrected chi connectivity index (χ2v) is 6.27. The molecule has 2 aromatic rings. The highest BCUT2D eigenvalue weighted by molar-refractivity contribution is 5.99. The van der Waals surface area contributed by atoms with Crippen molar-refractivity contribution >= 4 is 11.6 Å². The van der Waals surface area contributed by atoms with Gasteiger partial charge in [-0.2, -0.15) is 10.2 Å². The summed E-state index contributed by atoms with van der Waals surface area (Å²) >= 11 is 0. The van der Waals surface area contributed by atoms with Crippen molar-refractivity contribution in [3.63, 3.8) is 0 Å². The molecule has 3 rings (SSSR count). The highest BCUT2D eigenvalue weighted by atomic mass is 16.2. The maximum Gasteiger partial charge on any atom is 0.241 e. The SMILES string of the molecule is C/C(=N\NC(=O)CCN1CCCCC1)c1ccc(-n2cncn2)cc1. The average Bonchev–Trinajstić information content (AvgIpc) is 3.20. The molecule has 25 heavy (non-hydrogen) atoms. The molecule has 0 atom stereocenters. The van der Waals surface area contributed by atoms with Crippen LogP contribution >= 0.6 is 0 Å².